The molecule has 0 saturated carbocycles. The first-order valence-corrected chi connectivity index (χ1v) is 7.29. The summed E-state index contributed by atoms with van der Waals surface area (Å²) < 4.78 is 3.22. The maximum atomic E-state index is 10.7. The van der Waals surface area contributed by atoms with Crippen molar-refractivity contribution in [3.05, 3.63) is 17.5 Å². The lowest BCUT2D eigenvalue weighted by Gasteiger charge is -2.04. The van der Waals surface area contributed by atoms with Crippen LogP contribution in [0.4, 0.5) is 0 Å². The molecule has 9 heteroatoms. The van der Waals surface area contributed by atoms with Gasteiger partial charge >= 0.3 is 5.97 Å². The van der Waals surface area contributed by atoms with Crippen LogP contribution in [0.1, 0.15) is 25.2 Å². The Morgan fingerprint density at radius 1 is 1.40 bits per heavy atom. The Kier molecular flexibility index (Phi) is 4.72. The highest BCUT2D eigenvalue weighted by Gasteiger charge is 2.12. The van der Waals surface area contributed by atoms with Crippen LogP contribution >= 0.6 is 11.8 Å². The largest absolute Gasteiger partial charge is 0.480 e. The second-order valence-corrected chi connectivity index (χ2v) is 5.04. The lowest BCUT2D eigenvalue weighted by Crippen LogP contribution is -2.11. The predicted molar refractivity (Wildman–Crippen MR) is 72.3 cm³/mol. The van der Waals surface area contributed by atoms with E-state index in [0.717, 1.165) is 24.4 Å². The van der Waals surface area contributed by atoms with Crippen LogP contribution in [-0.2, 0) is 30.1 Å². The molecule has 0 aliphatic heterocycles. The van der Waals surface area contributed by atoms with Gasteiger partial charge in [0.05, 0.1) is 5.69 Å². The van der Waals surface area contributed by atoms with Gasteiger partial charge in [0.15, 0.2) is 0 Å². The number of rotatable bonds is 7. The van der Waals surface area contributed by atoms with Crippen LogP contribution in [0.25, 0.3) is 0 Å². The maximum absolute atomic E-state index is 10.7. The Hall–Kier alpha value is -1.90. The van der Waals surface area contributed by atoms with E-state index in [4.69, 9.17) is 5.11 Å². The van der Waals surface area contributed by atoms with Crippen molar-refractivity contribution in [1.29, 1.82) is 0 Å². The SMILES string of the molecule is CCc1cc(CSc2nnnn2CC(=O)O)n(CC)n1. The second kappa shape index (κ2) is 6.51. The van der Waals surface area contributed by atoms with Gasteiger partial charge in [-0.25, -0.2) is 4.68 Å². The number of aliphatic carboxylic acids is 1. The van der Waals surface area contributed by atoms with Crippen LogP contribution < -0.4 is 0 Å². The van der Waals surface area contributed by atoms with E-state index in [0.29, 0.717) is 10.9 Å². The molecule has 0 amide bonds. The molecular formula is C11H16N6O2S. The summed E-state index contributed by atoms with van der Waals surface area (Å²) in [7, 11) is 0. The summed E-state index contributed by atoms with van der Waals surface area (Å²) in [5.41, 5.74) is 2.13. The highest BCUT2D eigenvalue weighted by Crippen LogP contribution is 2.20. The topological polar surface area (TPSA) is 98.7 Å². The molecule has 0 spiro atoms. The molecule has 0 radical (unpaired) electrons. The molecule has 1 N–H and O–H groups in total. The quantitative estimate of drug-likeness (QED) is 0.755. The summed E-state index contributed by atoms with van der Waals surface area (Å²) in [4.78, 5) is 10.7. The molecule has 20 heavy (non-hydrogen) atoms. The number of carboxylic acids is 1. The van der Waals surface area contributed by atoms with Crippen molar-refractivity contribution in [1.82, 2.24) is 30.0 Å². The van der Waals surface area contributed by atoms with Crippen molar-refractivity contribution in [2.75, 3.05) is 0 Å². The smallest absolute Gasteiger partial charge is 0.325 e. The van der Waals surface area contributed by atoms with Crippen LogP contribution in [-0.4, -0.2) is 41.1 Å². The van der Waals surface area contributed by atoms with Gasteiger partial charge in [0.1, 0.15) is 6.54 Å². The molecule has 108 valence electrons. The summed E-state index contributed by atoms with van der Waals surface area (Å²) in [6.07, 6.45) is 0.890. The lowest BCUT2D eigenvalue weighted by atomic mass is 10.3. The number of aryl methyl sites for hydroxylation is 2. The van der Waals surface area contributed by atoms with Crippen molar-refractivity contribution >= 4 is 17.7 Å². The fraction of sp³-hybridized carbons (Fsp3) is 0.545. The summed E-state index contributed by atoms with van der Waals surface area (Å²) >= 11 is 1.40. The molecule has 0 aliphatic rings. The molecule has 2 rings (SSSR count). The van der Waals surface area contributed by atoms with Gasteiger partial charge in [-0.15, -0.1) is 5.10 Å². The average Bonchev–Trinajstić information content (AvgIpc) is 3.01. The Morgan fingerprint density at radius 3 is 2.85 bits per heavy atom. The van der Waals surface area contributed by atoms with Crippen LogP contribution in [0.15, 0.2) is 11.2 Å². The Balaban J connectivity index is 2.07. The van der Waals surface area contributed by atoms with Gasteiger partial charge in [-0.3, -0.25) is 9.48 Å². The normalized spacial score (nSPS) is 10.9. The number of hydrogen-bond donors (Lipinski definition) is 1. The van der Waals surface area contributed by atoms with E-state index in [1.54, 1.807) is 0 Å². The molecular weight excluding hydrogens is 280 g/mol. The fourth-order valence-corrected chi connectivity index (χ4v) is 2.60. The van der Waals surface area contributed by atoms with Crippen molar-refractivity contribution in [2.24, 2.45) is 0 Å². The standard InChI is InChI=1S/C11H16N6O2S/c1-3-8-5-9(16(4-2)13-8)7-20-11-12-14-15-17(11)6-10(18)19/h5H,3-4,6-7H2,1-2H3,(H,18,19). The number of thioether (sulfide) groups is 1. The number of tetrazole rings is 1. The zero-order chi connectivity index (χ0) is 14.5. The number of carboxylic acid groups (broad SMARTS) is 1. The van der Waals surface area contributed by atoms with E-state index in [9.17, 15) is 4.79 Å². The van der Waals surface area contributed by atoms with Crippen molar-refractivity contribution < 1.29 is 9.90 Å². The van der Waals surface area contributed by atoms with E-state index < -0.39 is 5.97 Å². The minimum atomic E-state index is -0.967. The molecule has 8 nitrogen and oxygen atoms in total. The summed E-state index contributed by atoms with van der Waals surface area (Å²) in [5, 5.41) is 24.7. The van der Waals surface area contributed by atoms with Crippen LogP contribution in [0.2, 0.25) is 0 Å². The first-order valence-electron chi connectivity index (χ1n) is 6.30. The molecule has 0 aliphatic carbocycles. The van der Waals surface area contributed by atoms with Gasteiger partial charge in [0, 0.05) is 18.0 Å². The van der Waals surface area contributed by atoms with Crippen LogP contribution in [0.5, 0.6) is 0 Å². The predicted octanol–water partition coefficient (Wildman–Crippen LogP) is 0.829. The van der Waals surface area contributed by atoms with Crippen LogP contribution in [0, 0.1) is 0 Å². The van der Waals surface area contributed by atoms with Crippen LogP contribution in [0.3, 0.4) is 0 Å². The first kappa shape index (κ1) is 14.5. The maximum Gasteiger partial charge on any atom is 0.325 e. The van der Waals surface area contributed by atoms with E-state index in [1.165, 1.54) is 16.4 Å². The van der Waals surface area contributed by atoms with Gasteiger partial charge in [-0.2, -0.15) is 5.10 Å². The molecule has 0 fully saturated rings. The molecule has 2 aromatic heterocycles. The van der Waals surface area contributed by atoms with E-state index in [2.05, 4.69) is 33.6 Å². The van der Waals surface area contributed by atoms with E-state index >= 15 is 0 Å². The van der Waals surface area contributed by atoms with Gasteiger partial charge in [-0.1, -0.05) is 18.7 Å². The molecule has 0 bridgehead atoms. The Morgan fingerprint density at radius 2 is 2.20 bits per heavy atom. The monoisotopic (exact) mass is 296 g/mol. The Bertz CT molecular complexity index is 594. The number of carbonyl (C=O) groups is 1. The lowest BCUT2D eigenvalue weighted by molar-refractivity contribution is -0.138. The molecule has 0 unspecified atom stereocenters. The highest BCUT2D eigenvalue weighted by molar-refractivity contribution is 7.98. The fourth-order valence-electron chi connectivity index (χ4n) is 1.74. The molecule has 0 saturated heterocycles. The first-order chi connectivity index (χ1) is 9.63. The molecule has 0 aromatic carbocycles. The summed E-state index contributed by atoms with van der Waals surface area (Å²) in [5.74, 6) is -0.313. The third-order valence-electron chi connectivity index (χ3n) is 2.71. The third kappa shape index (κ3) is 3.35. The third-order valence-corrected chi connectivity index (χ3v) is 3.70. The Labute approximate surface area is 120 Å². The highest BCUT2D eigenvalue weighted by atomic mass is 32.2. The average molecular weight is 296 g/mol. The zero-order valence-electron chi connectivity index (χ0n) is 11.4. The number of aromatic nitrogens is 6. The minimum absolute atomic E-state index is 0.234. The van der Waals surface area contributed by atoms with E-state index in [-0.39, 0.29) is 6.54 Å². The second-order valence-electron chi connectivity index (χ2n) is 4.10. The summed E-state index contributed by atoms with van der Waals surface area (Å²) in [6.45, 7) is 4.67. The summed E-state index contributed by atoms with van der Waals surface area (Å²) in [6, 6.07) is 2.06. The zero-order valence-corrected chi connectivity index (χ0v) is 12.2. The van der Waals surface area contributed by atoms with Gasteiger partial charge in [0.25, 0.3) is 0 Å². The number of hydrogen-bond acceptors (Lipinski definition) is 6. The van der Waals surface area contributed by atoms with Crippen molar-refractivity contribution in [3.63, 3.8) is 0 Å². The molecule has 0 atom stereocenters. The minimum Gasteiger partial charge on any atom is -0.480 e. The van der Waals surface area contributed by atoms with Gasteiger partial charge < -0.3 is 5.11 Å². The molecule has 2 aromatic rings. The van der Waals surface area contributed by atoms with Crippen molar-refractivity contribution in [2.45, 2.75) is 44.3 Å². The van der Waals surface area contributed by atoms with Gasteiger partial charge in [-0.05, 0) is 29.8 Å². The molecule has 2 heterocycles. The van der Waals surface area contributed by atoms with Crippen molar-refractivity contribution in [3.8, 4) is 0 Å². The van der Waals surface area contributed by atoms with E-state index in [1.807, 2.05) is 11.6 Å². The van der Waals surface area contributed by atoms with Gasteiger partial charge in [0.2, 0.25) is 5.16 Å². The number of nitrogens with zero attached hydrogens (tertiary/aromatic N) is 6.